The summed E-state index contributed by atoms with van der Waals surface area (Å²) in [6.45, 7) is 0.406. The first kappa shape index (κ1) is 19.7. The molecule has 3 aromatic heterocycles. The third-order valence-electron chi connectivity index (χ3n) is 4.25. The van der Waals surface area contributed by atoms with Crippen molar-refractivity contribution in [2.24, 2.45) is 0 Å². The second kappa shape index (κ2) is 9.26. The van der Waals surface area contributed by atoms with Crippen molar-refractivity contribution in [3.8, 4) is 17.1 Å². The monoisotopic (exact) mass is 420 g/mol. The lowest BCUT2D eigenvalue weighted by Crippen LogP contribution is -1.99. The highest BCUT2D eigenvalue weighted by molar-refractivity contribution is 7.38. The van der Waals surface area contributed by atoms with Crippen molar-refractivity contribution in [3.63, 3.8) is 0 Å². The van der Waals surface area contributed by atoms with Crippen LogP contribution in [-0.4, -0.2) is 15.1 Å². The highest BCUT2D eigenvalue weighted by Crippen LogP contribution is 2.30. The highest BCUT2D eigenvalue weighted by atomic mass is 31.1. The van der Waals surface area contributed by atoms with Crippen LogP contribution < -0.4 is 14.7 Å². The molecule has 0 fully saturated rings. The predicted molar refractivity (Wildman–Crippen MR) is 109 cm³/mol. The van der Waals surface area contributed by atoms with E-state index in [1.54, 1.807) is 24.4 Å². The van der Waals surface area contributed by atoms with E-state index in [4.69, 9.17) is 9.26 Å². The maximum atomic E-state index is 11.0. The molecule has 1 N–H and O–H groups in total. The Kier molecular flexibility index (Phi) is 6.08. The SMILES string of the molecule is O=[P+]([O-])Nc1ncccc1-c1cc(Cc2ccc(OCc3ccccn3)cc2)no1. The molecule has 30 heavy (non-hydrogen) atoms. The van der Waals surface area contributed by atoms with Crippen molar-refractivity contribution in [3.05, 3.63) is 90.0 Å². The van der Waals surface area contributed by atoms with Gasteiger partial charge >= 0.3 is 8.18 Å². The quantitative estimate of drug-likeness (QED) is 0.429. The second-order valence-corrected chi connectivity index (χ2v) is 7.12. The van der Waals surface area contributed by atoms with Gasteiger partial charge in [0.25, 0.3) is 0 Å². The lowest BCUT2D eigenvalue weighted by Gasteiger charge is -2.06. The number of pyridine rings is 2. The molecule has 1 atom stereocenters. The topological polar surface area (TPSA) is 113 Å². The minimum Gasteiger partial charge on any atom is -0.573 e. The lowest BCUT2D eigenvalue weighted by atomic mass is 10.1. The fourth-order valence-electron chi connectivity index (χ4n) is 2.86. The number of hydrogen-bond acceptors (Lipinski definition) is 7. The number of rotatable bonds is 8. The van der Waals surface area contributed by atoms with Crippen LogP contribution in [0, 0.1) is 0 Å². The number of anilines is 1. The van der Waals surface area contributed by atoms with Gasteiger partial charge in [-0.3, -0.25) is 4.98 Å². The Morgan fingerprint density at radius 1 is 1.00 bits per heavy atom. The summed E-state index contributed by atoms with van der Waals surface area (Å²) in [6, 6.07) is 18.6. The molecule has 0 spiro atoms. The van der Waals surface area contributed by atoms with E-state index in [-0.39, 0.29) is 5.82 Å². The molecule has 0 aliphatic carbocycles. The number of ether oxygens (including phenoxy) is 1. The zero-order chi connectivity index (χ0) is 20.8. The van der Waals surface area contributed by atoms with Gasteiger partial charge in [0, 0.05) is 24.9 Å². The van der Waals surface area contributed by atoms with Crippen molar-refractivity contribution in [1.82, 2.24) is 15.1 Å². The molecule has 150 valence electrons. The van der Waals surface area contributed by atoms with Crippen LogP contribution in [0.15, 0.2) is 77.6 Å². The molecule has 3 heterocycles. The average molecular weight is 420 g/mol. The van der Waals surface area contributed by atoms with Gasteiger partial charge in [0.2, 0.25) is 0 Å². The van der Waals surface area contributed by atoms with E-state index in [2.05, 4.69) is 20.2 Å². The van der Waals surface area contributed by atoms with Crippen LogP contribution in [0.5, 0.6) is 5.75 Å². The van der Waals surface area contributed by atoms with Gasteiger partial charge in [-0.25, -0.2) is 4.98 Å². The van der Waals surface area contributed by atoms with Gasteiger partial charge in [-0.2, -0.15) is 5.09 Å². The summed E-state index contributed by atoms with van der Waals surface area (Å²) < 4.78 is 22.1. The fraction of sp³-hybridized carbons (Fsp3) is 0.0952. The number of aromatic nitrogens is 3. The van der Waals surface area contributed by atoms with E-state index < -0.39 is 8.18 Å². The minimum atomic E-state index is -2.83. The van der Waals surface area contributed by atoms with E-state index in [0.717, 1.165) is 17.0 Å². The predicted octanol–water partition coefficient (Wildman–Crippen LogP) is 3.73. The summed E-state index contributed by atoms with van der Waals surface area (Å²) in [7, 11) is -2.83. The van der Waals surface area contributed by atoms with E-state index in [9.17, 15) is 9.46 Å². The van der Waals surface area contributed by atoms with Gasteiger partial charge in [0.15, 0.2) is 11.6 Å². The molecular weight excluding hydrogens is 403 g/mol. The van der Waals surface area contributed by atoms with Crippen LogP contribution in [0.1, 0.15) is 17.0 Å². The Morgan fingerprint density at radius 2 is 1.83 bits per heavy atom. The summed E-state index contributed by atoms with van der Waals surface area (Å²) in [6.07, 6.45) is 3.79. The Balaban J connectivity index is 1.41. The maximum absolute atomic E-state index is 11.0. The first-order valence-corrected chi connectivity index (χ1v) is 10.3. The normalized spacial score (nSPS) is 11.2. The van der Waals surface area contributed by atoms with Crippen LogP contribution in [-0.2, 0) is 17.6 Å². The zero-order valence-electron chi connectivity index (χ0n) is 15.8. The molecule has 0 radical (unpaired) electrons. The Hall–Kier alpha value is -3.61. The van der Waals surface area contributed by atoms with Crippen LogP contribution in [0.25, 0.3) is 11.3 Å². The molecule has 0 aliphatic rings. The molecule has 9 heteroatoms. The summed E-state index contributed by atoms with van der Waals surface area (Å²) in [5.41, 5.74) is 3.14. The highest BCUT2D eigenvalue weighted by Gasteiger charge is 2.15. The maximum Gasteiger partial charge on any atom is 0.439 e. The minimum absolute atomic E-state index is 0.200. The summed E-state index contributed by atoms with van der Waals surface area (Å²) >= 11 is 0. The van der Waals surface area contributed by atoms with E-state index >= 15 is 0 Å². The summed E-state index contributed by atoms with van der Waals surface area (Å²) in [4.78, 5) is 19.2. The van der Waals surface area contributed by atoms with Gasteiger partial charge in [-0.1, -0.05) is 23.4 Å². The average Bonchev–Trinajstić information content (AvgIpc) is 3.22. The van der Waals surface area contributed by atoms with Crippen molar-refractivity contribution in [1.29, 1.82) is 0 Å². The Labute approximate surface area is 173 Å². The molecule has 1 aromatic carbocycles. The van der Waals surface area contributed by atoms with Crippen LogP contribution >= 0.6 is 8.18 Å². The molecule has 8 nitrogen and oxygen atoms in total. The molecule has 0 amide bonds. The smallest absolute Gasteiger partial charge is 0.439 e. The summed E-state index contributed by atoms with van der Waals surface area (Å²) in [5, 5.41) is 6.38. The van der Waals surface area contributed by atoms with Crippen LogP contribution in [0.2, 0.25) is 0 Å². The summed E-state index contributed by atoms with van der Waals surface area (Å²) in [5.74, 6) is 1.39. The first-order chi connectivity index (χ1) is 14.7. The molecule has 0 saturated heterocycles. The van der Waals surface area contributed by atoms with E-state index in [1.807, 2.05) is 42.5 Å². The largest absolute Gasteiger partial charge is 0.573 e. The number of nitrogens with one attached hydrogen (secondary N) is 1. The van der Waals surface area contributed by atoms with E-state index in [0.29, 0.717) is 30.0 Å². The zero-order valence-corrected chi connectivity index (χ0v) is 16.7. The molecule has 4 aromatic rings. The number of nitrogens with zero attached hydrogens (tertiary/aromatic N) is 3. The lowest BCUT2D eigenvalue weighted by molar-refractivity contribution is -0.162. The van der Waals surface area contributed by atoms with Crippen molar-refractivity contribution >= 4 is 14.0 Å². The molecule has 0 bridgehead atoms. The Morgan fingerprint density at radius 3 is 2.60 bits per heavy atom. The molecule has 4 rings (SSSR count). The van der Waals surface area contributed by atoms with Crippen molar-refractivity contribution in [2.75, 3.05) is 5.09 Å². The third kappa shape index (κ3) is 5.05. The van der Waals surface area contributed by atoms with Gasteiger partial charge in [-0.05, 0) is 46.5 Å². The second-order valence-electron chi connectivity index (χ2n) is 6.38. The van der Waals surface area contributed by atoms with Crippen LogP contribution in [0.3, 0.4) is 0 Å². The van der Waals surface area contributed by atoms with Crippen molar-refractivity contribution in [2.45, 2.75) is 13.0 Å². The third-order valence-corrected chi connectivity index (χ3v) is 4.65. The van der Waals surface area contributed by atoms with Gasteiger partial charge in [0.05, 0.1) is 17.0 Å². The van der Waals surface area contributed by atoms with Crippen LogP contribution in [0.4, 0.5) is 5.82 Å². The van der Waals surface area contributed by atoms with Crippen molar-refractivity contribution < 1.29 is 18.7 Å². The van der Waals surface area contributed by atoms with E-state index in [1.165, 1.54) is 6.20 Å². The Bertz CT molecular complexity index is 1130. The van der Waals surface area contributed by atoms with Gasteiger partial charge in [-0.15, -0.1) is 0 Å². The number of hydrogen-bond donors (Lipinski definition) is 1. The molecule has 1 unspecified atom stereocenters. The first-order valence-electron chi connectivity index (χ1n) is 9.11. The standard InChI is InChI=1S/C21H17N4O4P/c26-30(27)25-21-19(5-3-11-23-21)20-13-17(24-29-20)12-15-6-8-18(9-7-15)28-14-16-4-1-2-10-22-16/h1-11,13H,12,14H2,(H,23,25,26,27). The van der Waals surface area contributed by atoms with Gasteiger partial charge in [0.1, 0.15) is 12.4 Å². The fourth-order valence-corrected chi connectivity index (χ4v) is 3.21. The molecule has 0 saturated carbocycles. The molecule has 0 aliphatic heterocycles. The van der Waals surface area contributed by atoms with Gasteiger partial charge < -0.3 is 14.2 Å². The number of benzene rings is 1. The molecular formula is C21H17N4O4P.